The predicted octanol–water partition coefficient (Wildman–Crippen LogP) is 1.18. The number of nitrogens with zero attached hydrogens (tertiary/aromatic N) is 1. The highest BCUT2D eigenvalue weighted by molar-refractivity contribution is 5.98. The number of hydrogen-bond donors (Lipinski definition) is 0. The Balaban J connectivity index is 3.47. The number of Topliss-reactive ketones (excluding diaryl/α,β-unsaturated/α-hetero) is 1. The Morgan fingerprint density at radius 2 is 2.00 bits per heavy atom. The Morgan fingerprint density at radius 3 is 2.43 bits per heavy atom. The average molecular weight is 194 g/mol. The second-order valence-corrected chi connectivity index (χ2v) is 2.97. The van der Waals surface area contributed by atoms with Gasteiger partial charge in [-0.3, -0.25) is 14.9 Å². The maximum atomic E-state index is 11.3. The number of nitro groups is 1. The molecule has 0 aliphatic carbocycles. The largest absolute Gasteiger partial charge is 0.867 e. The molecule has 0 N–H and O–H groups in total. The molecule has 0 aromatic heterocycles. The highest BCUT2D eigenvalue weighted by Crippen LogP contribution is 2.28. The molecule has 0 amide bonds. The van der Waals surface area contributed by atoms with Crippen LogP contribution in [-0.4, -0.2) is 10.7 Å². The van der Waals surface area contributed by atoms with Crippen molar-refractivity contribution in [3.05, 3.63) is 33.4 Å². The van der Waals surface area contributed by atoms with Crippen molar-refractivity contribution in [3.63, 3.8) is 0 Å². The second-order valence-electron chi connectivity index (χ2n) is 2.97. The van der Waals surface area contributed by atoms with Crippen LogP contribution < -0.4 is 5.11 Å². The van der Waals surface area contributed by atoms with Crippen molar-refractivity contribution >= 4 is 11.5 Å². The summed E-state index contributed by atoms with van der Waals surface area (Å²) in [5.41, 5.74) is -0.145. The summed E-state index contributed by atoms with van der Waals surface area (Å²) in [6.45, 7) is 2.80. The highest BCUT2D eigenvalue weighted by atomic mass is 16.6. The first-order valence-electron chi connectivity index (χ1n) is 3.90. The van der Waals surface area contributed by atoms with Gasteiger partial charge in [0.1, 0.15) is 0 Å². The van der Waals surface area contributed by atoms with Crippen molar-refractivity contribution in [1.82, 2.24) is 0 Å². The SMILES string of the molecule is CC(=O)c1cc(C)cc([N+](=O)[O-])c1[O-]. The van der Waals surface area contributed by atoms with Crippen LogP contribution in [0, 0.1) is 17.0 Å². The van der Waals surface area contributed by atoms with E-state index in [1.165, 1.54) is 13.0 Å². The van der Waals surface area contributed by atoms with Gasteiger partial charge in [-0.2, -0.15) is 0 Å². The maximum Gasteiger partial charge on any atom is 0.262 e. The number of hydrogen-bond acceptors (Lipinski definition) is 4. The Kier molecular flexibility index (Phi) is 2.51. The fourth-order valence-electron chi connectivity index (χ4n) is 1.15. The number of carbonyl (C=O) groups is 1. The molecule has 0 heterocycles. The van der Waals surface area contributed by atoms with Crippen molar-refractivity contribution in [2.75, 3.05) is 0 Å². The van der Waals surface area contributed by atoms with E-state index in [4.69, 9.17) is 0 Å². The summed E-state index contributed by atoms with van der Waals surface area (Å²) in [4.78, 5) is 20.6. The zero-order valence-electron chi connectivity index (χ0n) is 7.73. The van der Waals surface area contributed by atoms with Crippen LogP contribution in [0.1, 0.15) is 22.8 Å². The number of nitro benzene ring substituents is 1. The van der Waals surface area contributed by atoms with Gasteiger partial charge in [0.2, 0.25) is 0 Å². The van der Waals surface area contributed by atoms with Crippen LogP contribution in [0.4, 0.5) is 5.69 Å². The van der Waals surface area contributed by atoms with Gasteiger partial charge in [-0.05, 0) is 31.2 Å². The minimum atomic E-state index is -0.812. The lowest BCUT2D eigenvalue weighted by molar-refractivity contribution is -0.398. The maximum absolute atomic E-state index is 11.3. The van der Waals surface area contributed by atoms with Gasteiger partial charge in [0.05, 0.1) is 4.92 Å². The molecule has 0 spiro atoms. The highest BCUT2D eigenvalue weighted by Gasteiger charge is 2.13. The van der Waals surface area contributed by atoms with E-state index in [9.17, 15) is 20.0 Å². The Morgan fingerprint density at radius 1 is 1.43 bits per heavy atom. The molecule has 5 nitrogen and oxygen atoms in total. The monoisotopic (exact) mass is 194 g/mol. The smallest absolute Gasteiger partial charge is 0.262 e. The molecule has 0 radical (unpaired) electrons. The standard InChI is InChI=1S/C9H9NO4/c1-5-3-7(6(2)11)9(12)8(4-5)10(13)14/h3-4,12H,1-2H3/p-1. The summed E-state index contributed by atoms with van der Waals surface area (Å²) in [7, 11) is 0. The van der Waals surface area contributed by atoms with Crippen LogP contribution in [0.2, 0.25) is 0 Å². The molecule has 1 aromatic rings. The second kappa shape index (κ2) is 3.45. The van der Waals surface area contributed by atoms with Gasteiger partial charge in [0.25, 0.3) is 5.69 Å². The summed E-state index contributed by atoms with van der Waals surface area (Å²) in [5, 5.41) is 21.8. The van der Waals surface area contributed by atoms with E-state index >= 15 is 0 Å². The van der Waals surface area contributed by atoms with Gasteiger partial charge in [0.15, 0.2) is 5.78 Å². The zero-order valence-corrected chi connectivity index (χ0v) is 7.73. The number of carbonyl (C=O) groups excluding carboxylic acids is 1. The molecular formula is C9H8NO4-. The van der Waals surface area contributed by atoms with Crippen LogP contribution in [0.15, 0.2) is 12.1 Å². The molecule has 74 valence electrons. The lowest BCUT2D eigenvalue weighted by Gasteiger charge is -2.11. The summed E-state index contributed by atoms with van der Waals surface area (Å²) in [5.74, 6) is -1.27. The molecule has 0 saturated heterocycles. The van der Waals surface area contributed by atoms with Gasteiger partial charge in [-0.15, -0.1) is 0 Å². The molecule has 5 heteroatoms. The van der Waals surface area contributed by atoms with Crippen molar-refractivity contribution < 1.29 is 14.8 Å². The topological polar surface area (TPSA) is 83.3 Å². The van der Waals surface area contributed by atoms with E-state index in [1.807, 2.05) is 0 Å². The van der Waals surface area contributed by atoms with Gasteiger partial charge < -0.3 is 5.11 Å². The van der Waals surface area contributed by atoms with Gasteiger partial charge in [0, 0.05) is 11.6 Å². The normalized spacial score (nSPS) is 9.86. The zero-order chi connectivity index (χ0) is 10.9. The number of rotatable bonds is 2. The summed E-state index contributed by atoms with van der Waals surface area (Å²) >= 11 is 0. The molecule has 0 aliphatic rings. The minimum Gasteiger partial charge on any atom is -0.867 e. The van der Waals surface area contributed by atoms with Gasteiger partial charge in [-0.25, -0.2) is 0 Å². The van der Waals surface area contributed by atoms with E-state index < -0.39 is 22.1 Å². The van der Waals surface area contributed by atoms with Crippen LogP contribution in [0.5, 0.6) is 5.75 Å². The first-order chi connectivity index (χ1) is 6.43. The van der Waals surface area contributed by atoms with E-state index in [0.29, 0.717) is 5.56 Å². The van der Waals surface area contributed by atoms with Crippen molar-refractivity contribution in [2.24, 2.45) is 0 Å². The fourth-order valence-corrected chi connectivity index (χ4v) is 1.15. The third kappa shape index (κ3) is 1.71. The molecule has 14 heavy (non-hydrogen) atoms. The lowest BCUT2D eigenvalue weighted by atomic mass is 10.1. The molecule has 0 aliphatic heterocycles. The van der Waals surface area contributed by atoms with Crippen LogP contribution >= 0.6 is 0 Å². The van der Waals surface area contributed by atoms with Crippen LogP contribution in [0.25, 0.3) is 0 Å². The van der Waals surface area contributed by atoms with E-state index in [0.717, 1.165) is 6.07 Å². The third-order valence-electron chi connectivity index (χ3n) is 1.79. The van der Waals surface area contributed by atoms with E-state index in [-0.39, 0.29) is 5.56 Å². The average Bonchev–Trinajstić information content (AvgIpc) is 2.07. The number of ketones is 1. The first-order valence-corrected chi connectivity index (χ1v) is 3.90. The van der Waals surface area contributed by atoms with Crippen LogP contribution in [0.3, 0.4) is 0 Å². The molecule has 1 rings (SSSR count). The Bertz CT molecular complexity index is 376. The number of aryl methyl sites for hydroxylation is 1. The molecular weight excluding hydrogens is 186 g/mol. The quantitative estimate of drug-likeness (QED) is 0.402. The first kappa shape index (κ1) is 10.2. The molecule has 0 atom stereocenters. The van der Waals surface area contributed by atoms with E-state index in [1.54, 1.807) is 6.92 Å². The summed E-state index contributed by atoms with van der Waals surface area (Å²) < 4.78 is 0. The fraction of sp³-hybridized carbons (Fsp3) is 0.222. The van der Waals surface area contributed by atoms with Crippen molar-refractivity contribution in [3.8, 4) is 5.75 Å². The van der Waals surface area contributed by atoms with E-state index in [2.05, 4.69) is 0 Å². The van der Waals surface area contributed by atoms with Crippen LogP contribution in [-0.2, 0) is 0 Å². The Labute approximate surface area is 80.1 Å². The molecule has 0 bridgehead atoms. The molecule has 0 fully saturated rings. The summed E-state index contributed by atoms with van der Waals surface area (Å²) in [6.07, 6.45) is 0. The molecule has 1 aromatic carbocycles. The third-order valence-corrected chi connectivity index (χ3v) is 1.79. The number of benzene rings is 1. The van der Waals surface area contributed by atoms with Gasteiger partial charge in [-0.1, -0.05) is 0 Å². The molecule has 0 saturated carbocycles. The van der Waals surface area contributed by atoms with Gasteiger partial charge >= 0.3 is 0 Å². The summed E-state index contributed by atoms with van der Waals surface area (Å²) in [6, 6.07) is 2.52. The molecule has 0 unspecified atom stereocenters. The van der Waals surface area contributed by atoms with Crippen molar-refractivity contribution in [1.29, 1.82) is 0 Å². The lowest BCUT2D eigenvalue weighted by Crippen LogP contribution is -2.05. The predicted molar refractivity (Wildman–Crippen MR) is 47.3 cm³/mol. The van der Waals surface area contributed by atoms with Crippen molar-refractivity contribution in [2.45, 2.75) is 13.8 Å². The minimum absolute atomic E-state index is 0.128. The Hall–Kier alpha value is -1.91.